The fraction of sp³-hybridized carbons (Fsp3) is 0.800. The van der Waals surface area contributed by atoms with Crippen LogP contribution in [-0.2, 0) is 14.3 Å². The summed E-state index contributed by atoms with van der Waals surface area (Å²) < 4.78 is 5.11. The first-order valence-corrected chi connectivity index (χ1v) is 7.89. The molecular formula is C15H28N4O3. The summed E-state index contributed by atoms with van der Waals surface area (Å²) >= 11 is 0. The van der Waals surface area contributed by atoms with Crippen molar-refractivity contribution in [2.24, 2.45) is 10.9 Å². The van der Waals surface area contributed by atoms with E-state index in [1.807, 2.05) is 18.7 Å². The molecule has 1 rings (SSSR count). The molecule has 0 aromatic carbocycles. The number of carbonyl (C=O) groups excluding carboxylic acids is 2. The van der Waals surface area contributed by atoms with Crippen LogP contribution in [-0.4, -0.2) is 74.5 Å². The van der Waals surface area contributed by atoms with E-state index >= 15 is 0 Å². The Kier molecular flexibility index (Phi) is 7.70. The molecule has 1 aliphatic rings. The van der Waals surface area contributed by atoms with Gasteiger partial charge < -0.3 is 19.9 Å². The molecule has 0 spiro atoms. The van der Waals surface area contributed by atoms with Gasteiger partial charge in [0, 0.05) is 33.7 Å². The molecule has 0 aliphatic carbocycles. The van der Waals surface area contributed by atoms with E-state index in [9.17, 15) is 9.59 Å². The zero-order valence-corrected chi connectivity index (χ0v) is 14.1. The molecule has 1 aliphatic heterocycles. The third-order valence-corrected chi connectivity index (χ3v) is 3.54. The Balaban J connectivity index is 2.71. The molecule has 22 heavy (non-hydrogen) atoms. The molecule has 1 atom stereocenters. The zero-order chi connectivity index (χ0) is 16.5. The number of amides is 1. The molecule has 0 aromatic heterocycles. The summed E-state index contributed by atoms with van der Waals surface area (Å²) in [6.45, 7) is 6.44. The van der Waals surface area contributed by atoms with Crippen molar-refractivity contribution in [1.82, 2.24) is 15.1 Å². The third kappa shape index (κ3) is 5.54. The van der Waals surface area contributed by atoms with Gasteiger partial charge in [-0.2, -0.15) is 0 Å². The van der Waals surface area contributed by atoms with Gasteiger partial charge in [-0.3, -0.25) is 9.59 Å². The molecule has 0 saturated carbocycles. The lowest BCUT2D eigenvalue weighted by Crippen LogP contribution is -2.48. The summed E-state index contributed by atoms with van der Waals surface area (Å²) in [5.41, 5.74) is 0. The number of nitrogens with one attached hydrogen (secondary N) is 1. The van der Waals surface area contributed by atoms with Crippen molar-refractivity contribution in [2.75, 3.05) is 46.9 Å². The first-order chi connectivity index (χ1) is 10.5. The fourth-order valence-corrected chi connectivity index (χ4v) is 2.33. The van der Waals surface area contributed by atoms with Gasteiger partial charge in [-0.15, -0.1) is 0 Å². The van der Waals surface area contributed by atoms with E-state index in [0.29, 0.717) is 19.1 Å². The minimum atomic E-state index is -0.146. The van der Waals surface area contributed by atoms with Gasteiger partial charge in [0.05, 0.1) is 12.5 Å². The van der Waals surface area contributed by atoms with Gasteiger partial charge in [-0.1, -0.05) is 0 Å². The molecule has 0 bridgehead atoms. The molecule has 1 heterocycles. The molecule has 1 N–H and O–H groups in total. The number of hydrogen-bond donors (Lipinski definition) is 1. The average molecular weight is 312 g/mol. The number of carbonyl (C=O) groups is 2. The SMILES string of the molecule is CCNC(=NCC(=O)N(C)C)N1CCCC(C(=O)OCC)C1. The Labute approximate surface area is 132 Å². The summed E-state index contributed by atoms with van der Waals surface area (Å²) in [5, 5.41) is 3.19. The second kappa shape index (κ2) is 9.27. The average Bonchev–Trinajstić information content (AvgIpc) is 2.51. The molecule has 1 fully saturated rings. The van der Waals surface area contributed by atoms with Crippen LogP contribution in [0.25, 0.3) is 0 Å². The Bertz CT molecular complexity index is 410. The minimum absolute atomic E-state index is 0.0469. The van der Waals surface area contributed by atoms with Crippen molar-refractivity contribution in [3.8, 4) is 0 Å². The number of nitrogens with zero attached hydrogens (tertiary/aromatic N) is 3. The van der Waals surface area contributed by atoms with Gasteiger partial charge in [0.2, 0.25) is 5.91 Å². The number of likely N-dealkylation sites (N-methyl/N-ethyl adjacent to an activating group) is 1. The fourth-order valence-electron chi connectivity index (χ4n) is 2.33. The molecule has 1 amide bonds. The predicted octanol–water partition coefficient (Wildman–Crippen LogP) is 0.315. The highest BCUT2D eigenvalue weighted by Crippen LogP contribution is 2.18. The van der Waals surface area contributed by atoms with E-state index in [4.69, 9.17) is 4.74 Å². The molecule has 0 aromatic rings. The summed E-state index contributed by atoms with van der Waals surface area (Å²) in [6.07, 6.45) is 1.75. The lowest BCUT2D eigenvalue weighted by molar-refractivity contribution is -0.149. The molecule has 1 unspecified atom stereocenters. The van der Waals surface area contributed by atoms with Gasteiger partial charge in [-0.05, 0) is 26.7 Å². The summed E-state index contributed by atoms with van der Waals surface area (Å²) in [4.78, 5) is 31.5. The normalized spacial score (nSPS) is 18.8. The van der Waals surface area contributed by atoms with Gasteiger partial charge in [0.15, 0.2) is 5.96 Å². The maximum Gasteiger partial charge on any atom is 0.310 e. The summed E-state index contributed by atoms with van der Waals surface area (Å²) in [6, 6.07) is 0. The van der Waals surface area contributed by atoms with Gasteiger partial charge in [0.1, 0.15) is 6.54 Å². The number of guanidine groups is 1. The van der Waals surface area contributed by atoms with Crippen LogP contribution in [0, 0.1) is 5.92 Å². The second-order valence-corrected chi connectivity index (χ2v) is 5.50. The van der Waals surface area contributed by atoms with Gasteiger partial charge in [-0.25, -0.2) is 4.99 Å². The summed E-state index contributed by atoms with van der Waals surface area (Å²) in [7, 11) is 3.42. The number of aliphatic imine (C=N–C) groups is 1. The highest BCUT2D eigenvalue weighted by molar-refractivity contribution is 5.85. The van der Waals surface area contributed by atoms with Crippen LogP contribution in [0.4, 0.5) is 0 Å². The number of hydrogen-bond acceptors (Lipinski definition) is 4. The monoisotopic (exact) mass is 312 g/mol. The van der Waals surface area contributed by atoms with E-state index in [1.165, 1.54) is 4.90 Å². The Morgan fingerprint density at radius 3 is 2.68 bits per heavy atom. The topological polar surface area (TPSA) is 74.2 Å². The van der Waals surface area contributed by atoms with Crippen LogP contribution in [0.5, 0.6) is 0 Å². The van der Waals surface area contributed by atoms with E-state index in [1.54, 1.807) is 14.1 Å². The standard InChI is InChI=1S/C15H28N4O3/c1-5-16-15(17-10-13(20)18(3)4)19-9-7-8-12(11-19)14(21)22-6-2/h12H,5-11H2,1-4H3,(H,16,17). The minimum Gasteiger partial charge on any atom is -0.466 e. The Hall–Kier alpha value is -1.79. The van der Waals surface area contributed by atoms with E-state index < -0.39 is 0 Å². The lowest BCUT2D eigenvalue weighted by Gasteiger charge is -2.34. The van der Waals surface area contributed by atoms with Crippen LogP contribution in [0.2, 0.25) is 0 Å². The molecule has 7 nitrogen and oxygen atoms in total. The molecule has 0 radical (unpaired) electrons. The van der Waals surface area contributed by atoms with Crippen LogP contribution in [0.1, 0.15) is 26.7 Å². The van der Waals surface area contributed by atoms with E-state index in [0.717, 1.165) is 25.9 Å². The Morgan fingerprint density at radius 2 is 2.09 bits per heavy atom. The van der Waals surface area contributed by atoms with Gasteiger partial charge in [0.25, 0.3) is 0 Å². The first kappa shape index (κ1) is 18.3. The smallest absolute Gasteiger partial charge is 0.310 e. The largest absolute Gasteiger partial charge is 0.466 e. The van der Waals surface area contributed by atoms with Crippen molar-refractivity contribution in [3.63, 3.8) is 0 Å². The number of esters is 1. The number of likely N-dealkylation sites (tertiary alicyclic amines) is 1. The number of rotatable bonds is 5. The maximum absolute atomic E-state index is 11.9. The van der Waals surface area contributed by atoms with Crippen molar-refractivity contribution in [3.05, 3.63) is 0 Å². The summed E-state index contributed by atoms with van der Waals surface area (Å²) in [5.74, 6) is 0.371. The molecule has 1 saturated heterocycles. The number of piperidine rings is 1. The molecule has 126 valence electrons. The van der Waals surface area contributed by atoms with Crippen molar-refractivity contribution >= 4 is 17.8 Å². The second-order valence-electron chi connectivity index (χ2n) is 5.50. The van der Waals surface area contributed by atoms with Crippen molar-refractivity contribution in [2.45, 2.75) is 26.7 Å². The zero-order valence-electron chi connectivity index (χ0n) is 14.1. The van der Waals surface area contributed by atoms with Crippen LogP contribution < -0.4 is 5.32 Å². The van der Waals surface area contributed by atoms with E-state index in [-0.39, 0.29) is 24.3 Å². The van der Waals surface area contributed by atoms with Crippen molar-refractivity contribution in [1.29, 1.82) is 0 Å². The maximum atomic E-state index is 11.9. The lowest BCUT2D eigenvalue weighted by atomic mass is 9.98. The quantitative estimate of drug-likeness (QED) is 0.449. The predicted molar refractivity (Wildman–Crippen MR) is 85.6 cm³/mol. The highest BCUT2D eigenvalue weighted by Gasteiger charge is 2.28. The first-order valence-electron chi connectivity index (χ1n) is 7.89. The Morgan fingerprint density at radius 1 is 1.36 bits per heavy atom. The van der Waals surface area contributed by atoms with E-state index in [2.05, 4.69) is 10.3 Å². The van der Waals surface area contributed by atoms with Gasteiger partial charge >= 0.3 is 5.97 Å². The van der Waals surface area contributed by atoms with Crippen LogP contribution in [0.15, 0.2) is 4.99 Å². The molecule has 7 heteroatoms. The van der Waals surface area contributed by atoms with Crippen LogP contribution >= 0.6 is 0 Å². The molecular weight excluding hydrogens is 284 g/mol. The number of ether oxygens (including phenoxy) is 1. The third-order valence-electron chi connectivity index (χ3n) is 3.54. The highest BCUT2D eigenvalue weighted by atomic mass is 16.5. The van der Waals surface area contributed by atoms with Crippen molar-refractivity contribution < 1.29 is 14.3 Å². The van der Waals surface area contributed by atoms with Crippen LogP contribution in [0.3, 0.4) is 0 Å².